The zero-order valence-electron chi connectivity index (χ0n) is 12.7. The van der Waals surface area contributed by atoms with Gasteiger partial charge in [0.2, 0.25) is 0 Å². The van der Waals surface area contributed by atoms with Gasteiger partial charge in [0.25, 0.3) is 5.92 Å². The second-order valence-electron chi connectivity index (χ2n) is 6.18. The van der Waals surface area contributed by atoms with Gasteiger partial charge in [0, 0.05) is 30.5 Å². The van der Waals surface area contributed by atoms with Crippen LogP contribution in [0.15, 0.2) is 30.5 Å². The van der Waals surface area contributed by atoms with Crippen LogP contribution >= 0.6 is 0 Å². The molecule has 1 atom stereocenters. The average Bonchev–Trinajstić information content (AvgIpc) is 2.91. The summed E-state index contributed by atoms with van der Waals surface area (Å²) in [7, 11) is 0. The van der Waals surface area contributed by atoms with Crippen molar-refractivity contribution in [3.63, 3.8) is 0 Å². The Morgan fingerprint density at radius 3 is 2.58 bits per heavy atom. The predicted octanol–water partition coefficient (Wildman–Crippen LogP) is 4.18. The van der Waals surface area contributed by atoms with Gasteiger partial charge in [-0.1, -0.05) is 6.07 Å². The molecule has 0 N–H and O–H groups in total. The number of hydrogen-bond acceptors (Lipinski definition) is 2. The first-order valence-corrected chi connectivity index (χ1v) is 7.53. The molecular weight excluding hydrogens is 322 g/mol. The first-order valence-electron chi connectivity index (χ1n) is 7.53. The number of aromatic nitrogens is 3. The monoisotopic (exact) mass is 335 g/mol. The molecule has 1 saturated carbocycles. The number of nitrogens with zero attached hydrogens (tertiary/aromatic N) is 3. The maximum Gasteiger partial charge on any atom is 0.252 e. The molecule has 0 aliphatic heterocycles. The first kappa shape index (κ1) is 15.1. The minimum atomic E-state index is -2.66. The maximum absolute atomic E-state index is 14.8. The van der Waals surface area contributed by atoms with Gasteiger partial charge < -0.3 is 0 Å². The second-order valence-corrected chi connectivity index (χ2v) is 6.18. The van der Waals surface area contributed by atoms with Crippen LogP contribution in [0, 0.1) is 24.5 Å². The van der Waals surface area contributed by atoms with Crippen LogP contribution in [0.25, 0.3) is 16.8 Å². The topological polar surface area (TPSA) is 30.2 Å². The highest BCUT2D eigenvalue weighted by atomic mass is 19.3. The van der Waals surface area contributed by atoms with E-state index in [0.29, 0.717) is 17.0 Å². The highest BCUT2D eigenvalue weighted by molar-refractivity contribution is 5.71. The Kier molecular flexibility index (Phi) is 3.16. The molecule has 3 aromatic rings. The van der Waals surface area contributed by atoms with Crippen LogP contribution in [0.5, 0.6) is 0 Å². The largest absolute Gasteiger partial charge is 0.284 e. The highest BCUT2D eigenvalue weighted by Gasteiger charge is 2.56. The van der Waals surface area contributed by atoms with Crippen molar-refractivity contribution in [2.24, 2.45) is 5.92 Å². The van der Waals surface area contributed by atoms with E-state index in [1.54, 1.807) is 13.1 Å². The van der Waals surface area contributed by atoms with Gasteiger partial charge in [-0.3, -0.25) is 4.40 Å². The van der Waals surface area contributed by atoms with E-state index in [-0.39, 0.29) is 24.1 Å². The molecule has 0 saturated heterocycles. The zero-order valence-corrected chi connectivity index (χ0v) is 12.7. The smallest absolute Gasteiger partial charge is 0.252 e. The summed E-state index contributed by atoms with van der Waals surface area (Å²) in [6.45, 7) is 1.69. The number of pyridine rings is 1. The third-order valence-corrected chi connectivity index (χ3v) is 4.45. The molecule has 2 heterocycles. The summed E-state index contributed by atoms with van der Waals surface area (Å²) in [4.78, 5) is 0. The van der Waals surface area contributed by atoms with Gasteiger partial charge in [0.05, 0.1) is 0 Å². The molecule has 4 rings (SSSR count). The van der Waals surface area contributed by atoms with E-state index in [4.69, 9.17) is 0 Å². The third-order valence-electron chi connectivity index (χ3n) is 4.45. The Morgan fingerprint density at radius 1 is 1.17 bits per heavy atom. The standard InChI is InChI=1S/C17H13F4N3/c1-9-6-11(18)2-3-12(9)13-4-5-24-14(7-10-8-17(10,20)21)22-23-16(24)15(13)19/h2-6,10H,7-8H2,1H3. The molecule has 124 valence electrons. The maximum atomic E-state index is 14.8. The SMILES string of the molecule is Cc1cc(F)ccc1-c1ccn2c(CC3CC3(F)F)nnc2c1F. The lowest BCUT2D eigenvalue weighted by atomic mass is 10.0. The summed E-state index contributed by atoms with van der Waals surface area (Å²) in [5, 5.41) is 7.65. The lowest BCUT2D eigenvalue weighted by molar-refractivity contribution is 0.0984. The molecule has 7 heteroatoms. The molecule has 0 radical (unpaired) electrons. The molecule has 0 spiro atoms. The quantitative estimate of drug-likeness (QED) is 0.672. The lowest BCUT2D eigenvalue weighted by Gasteiger charge is -2.08. The van der Waals surface area contributed by atoms with Crippen LogP contribution in [0.4, 0.5) is 17.6 Å². The summed E-state index contributed by atoms with van der Waals surface area (Å²) in [6.07, 6.45) is 1.45. The Balaban J connectivity index is 1.76. The van der Waals surface area contributed by atoms with Crippen molar-refractivity contribution >= 4 is 5.65 Å². The van der Waals surface area contributed by atoms with Crippen molar-refractivity contribution in [1.29, 1.82) is 0 Å². The fraction of sp³-hybridized carbons (Fsp3) is 0.294. The van der Waals surface area contributed by atoms with Crippen molar-refractivity contribution in [3.8, 4) is 11.1 Å². The molecule has 1 fully saturated rings. The molecular formula is C17H13F4N3. The summed E-state index contributed by atoms with van der Waals surface area (Å²) in [6, 6.07) is 5.61. The van der Waals surface area contributed by atoms with Crippen LogP contribution in [-0.4, -0.2) is 20.5 Å². The van der Waals surface area contributed by atoms with Crippen LogP contribution in [-0.2, 0) is 6.42 Å². The molecule has 0 amide bonds. The van der Waals surface area contributed by atoms with E-state index in [0.717, 1.165) is 0 Å². The Labute approximate surface area is 134 Å². The average molecular weight is 335 g/mol. The molecule has 2 aromatic heterocycles. The van der Waals surface area contributed by atoms with E-state index < -0.39 is 23.5 Å². The lowest BCUT2D eigenvalue weighted by Crippen LogP contribution is -2.02. The van der Waals surface area contributed by atoms with E-state index in [1.807, 2.05) is 0 Å². The van der Waals surface area contributed by atoms with Gasteiger partial charge in [-0.25, -0.2) is 17.6 Å². The summed E-state index contributed by atoms with van der Waals surface area (Å²) in [5.74, 6) is -4.10. The number of alkyl halides is 2. The third kappa shape index (κ3) is 2.35. The normalized spacial score (nSPS) is 19.0. The van der Waals surface area contributed by atoms with E-state index in [2.05, 4.69) is 10.2 Å². The number of hydrogen-bond donors (Lipinski definition) is 0. The number of benzene rings is 1. The van der Waals surface area contributed by atoms with Gasteiger partial charge in [-0.2, -0.15) is 0 Å². The van der Waals surface area contributed by atoms with Gasteiger partial charge in [0.1, 0.15) is 11.6 Å². The van der Waals surface area contributed by atoms with Gasteiger partial charge >= 0.3 is 0 Å². The van der Waals surface area contributed by atoms with Crippen molar-refractivity contribution in [3.05, 3.63) is 53.5 Å². The van der Waals surface area contributed by atoms with E-state index >= 15 is 0 Å². The van der Waals surface area contributed by atoms with Crippen molar-refractivity contribution in [2.45, 2.75) is 25.7 Å². The summed E-state index contributed by atoms with van der Waals surface area (Å²) < 4.78 is 55.5. The molecule has 24 heavy (non-hydrogen) atoms. The fourth-order valence-electron chi connectivity index (χ4n) is 2.96. The molecule has 1 aliphatic rings. The summed E-state index contributed by atoms with van der Waals surface area (Å²) in [5.41, 5.74) is 1.40. The van der Waals surface area contributed by atoms with E-state index in [9.17, 15) is 17.6 Å². The van der Waals surface area contributed by atoms with Crippen LogP contribution < -0.4 is 0 Å². The van der Waals surface area contributed by atoms with Crippen LogP contribution in [0.1, 0.15) is 17.8 Å². The molecule has 1 aliphatic carbocycles. The van der Waals surface area contributed by atoms with Crippen molar-refractivity contribution in [2.75, 3.05) is 0 Å². The Morgan fingerprint density at radius 2 is 1.92 bits per heavy atom. The number of halogens is 4. The number of rotatable bonds is 3. The molecule has 1 unspecified atom stereocenters. The second kappa shape index (κ2) is 5.03. The highest BCUT2D eigenvalue weighted by Crippen LogP contribution is 2.50. The molecule has 1 aromatic carbocycles. The Hall–Kier alpha value is -2.44. The fourth-order valence-corrected chi connectivity index (χ4v) is 2.96. The predicted molar refractivity (Wildman–Crippen MR) is 79.8 cm³/mol. The number of fused-ring (bicyclic) bond motifs is 1. The first-order chi connectivity index (χ1) is 11.4. The van der Waals surface area contributed by atoms with Crippen LogP contribution in [0.2, 0.25) is 0 Å². The minimum Gasteiger partial charge on any atom is -0.284 e. The Bertz CT molecular complexity index is 948. The summed E-state index contributed by atoms with van der Waals surface area (Å²) >= 11 is 0. The van der Waals surface area contributed by atoms with Crippen molar-refractivity contribution in [1.82, 2.24) is 14.6 Å². The van der Waals surface area contributed by atoms with Crippen molar-refractivity contribution < 1.29 is 17.6 Å². The van der Waals surface area contributed by atoms with Gasteiger partial charge in [0.15, 0.2) is 11.5 Å². The number of aryl methyl sites for hydroxylation is 1. The molecule has 0 bridgehead atoms. The van der Waals surface area contributed by atoms with Crippen LogP contribution in [0.3, 0.4) is 0 Å². The van der Waals surface area contributed by atoms with Gasteiger partial charge in [-0.05, 0) is 36.2 Å². The molecule has 3 nitrogen and oxygen atoms in total. The van der Waals surface area contributed by atoms with Gasteiger partial charge in [-0.15, -0.1) is 10.2 Å². The van der Waals surface area contributed by atoms with E-state index in [1.165, 1.54) is 28.7 Å². The zero-order chi connectivity index (χ0) is 17.1. The minimum absolute atomic E-state index is 0.0183.